The van der Waals surface area contributed by atoms with Crippen molar-refractivity contribution in [2.24, 2.45) is 0 Å². The Balaban J connectivity index is 1.56. The quantitative estimate of drug-likeness (QED) is 0.841. The van der Waals surface area contributed by atoms with E-state index in [9.17, 15) is 9.59 Å². The van der Waals surface area contributed by atoms with Crippen molar-refractivity contribution in [2.45, 2.75) is 13.3 Å². The van der Waals surface area contributed by atoms with E-state index in [2.05, 4.69) is 10.3 Å². The second-order valence-corrected chi connectivity index (χ2v) is 6.95. The molecule has 5 nitrogen and oxygen atoms in total. The number of carbonyl (C=O) groups is 2. The molecule has 1 aliphatic heterocycles. The van der Waals surface area contributed by atoms with E-state index >= 15 is 0 Å². The summed E-state index contributed by atoms with van der Waals surface area (Å²) in [4.78, 5) is 27.4. The predicted molar refractivity (Wildman–Crippen MR) is 91.6 cm³/mol. The van der Waals surface area contributed by atoms with Crippen LogP contribution in [0.4, 0.5) is 4.79 Å². The fourth-order valence-electron chi connectivity index (χ4n) is 2.03. The minimum absolute atomic E-state index is 0.335. The van der Waals surface area contributed by atoms with Gasteiger partial charge in [0.05, 0.1) is 22.2 Å². The third-order valence-corrected chi connectivity index (χ3v) is 4.75. The molecule has 2 aromatic rings. The van der Waals surface area contributed by atoms with Crippen molar-refractivity contribution in [1.82, 2.24) is 10.3 Å². The maximum Gasteiger partial charge on any atom is 0.290 e. The van der Waals surface area contributed by atoms with Gasteiger partial charge in [0.1, 0.15) is 5.75 Å². The Morgan fingerprint density at radius 1 is 1.26 bits per heavy atom. The van der Waals surface area contributed by atoms with Crippen molar-refractivity contribution < 1.29 is 14.3 Å². The van der Waals surface area contributed by atoms with Crippen molar-refractivity contribution in [1.29, 1.82) is 0 Å². The van der Waals surface area contributed by atoms with Crippen LogP contribution < -0.4 is 10.1 Å². The number of aromatic nitrogens is 1. The number of nitrogens with zero attached hydrogens (tertiary/aromatic N) is 1. The van der Waals surface area contributed by atoms with Crippen LogP contribution in [-0.2, 0) is 11.2 Å². The van der Waals surface area contributed by atoms with Gasteiger partial charge in [-0.05, 0) is 42.5 Å². The molecule has 118 valence electrons. The van der Waals surface area contributed by atoms with E-state index in [0.29, 0.717) is 11.5 Å². The Morgan fingerprint density at radius 2 is 2.04 bits per heavy atom. The molecule has 0 spiro atoms. The van der Waals surface area contributed by atoms with Gasteiger partial charge < -0.3 is 4.74 Å². The minimum atomic E-state index is -0.348. The molecule has 0 saturated carbocycles. The number of rotatable bonds is 5. The first-order valence-corrected chi connectivity index (χ1v) is 8.68. The predicted octanol–water partition coefficient (Wildman–Crippen LogP) is 3.40. The average molecular weight is 346 g/mol. The molecule has 7 heteroatoms. The van der Waals surface area contributed by atoms with Crippen LogP contribution in [0.15, 0.2) is 34.6 Å². The highest BCUT2D eigenvalue weighted by Gasteiger charge is 2.24. The number of nitrogens with one attached hydrogen (secondary N) is 1. The third-order valence-electron chi connectivity index (χ3n) is 3.11. The van der Waals surface area contributed by atoms with Gasteiger partial charge in [0.25, 0.3) is 11.1 Å². The van der Waals surface area contributed by atoms with Crippen molar-refractivity contribution in [3.8, 4) is 5.75 Å². The molecule has 0 radical (unpaired) electrons. The maximum atomic E-state index is 11.5. The summed E-state index contributed by atoms with van der Waals surface area (Å²) >= 11 is 2.55. The first-order valence-electron chi connectivity index (χ1n) is 6.99. The summed E-state index contributed by atoms with van der Waals surface area (Å²) in [5.74, 6) is 0.414. The molecule has 0 unspecified atom stereocenters. The van der Waals surface area contributed by atoms with E-state index in [-0.39, 0.29) is 11.1 Å². The fraction of sp³-hybridized carbons (Fsp3) is 0.188. The summed E-state index contributed by atoms with van der Waals surface area (Å²) < 4.78 is 5.69. The van der Waals surface area contributed by atoms with Gasteiger partial charge in [-0.2, -0.15) is 0 Å². The first kappa shape index (κ1) is 15.8. The van der Waals surface area contributed by atoms with Crippen LogP contribution in [0.5, 0.6) is 5.75 Å². The van der Waals surface area contributed by atoms with Crippen molar-refractivity contribution >= 4 is 40.3 Å². The van der Waals surface area contributed by atoms with Crippen molar-refractivity contribution in [3.63, 3.8) is 0 Å². The Bertz CT molecular complexity index is 766. The highest BCUT2D eigenvalue weighted by atomic mass is 32.2. The number of hydrogen-bond donors (Lipinski definition) is 1. The summed E-state index contributed by atoms with van der Waals surface area (Å²) in [6.45, 7) is 2.55. The van der Waals surface area contributed by atoms with Crippen molar-refractivity contribution in [2.75, 3.05) is 6.61 Å². The summed E-state index contributed by atoms with van der Waals surface area (Å²) in [6, 6.07) is 7.40. The number of ether oxygens (including phenoxy) is 1. The van der Waals surface area contributed by atoms with E-state index in [0.717, 1.165) is 40.2 Å². The van der Waals surface area contributed by atoms with Crippen LogP contribution in [0.2, 0.25) is 0 Å². The lowest BCUT2D eigenvalue weighted by atomic mass is 10.2. The summed E-state index contributed by atoms with van der Waals surface area (Å²) in [6.07, 6.45) is 2.46. The fourth-order valence-corrected chi connectivity index (χ4v) is 3.36. The van der Waals surface area contributed by atoms with Crippen LogP contribution in [-0.4, -0.2) is 22.7 Å². The van der Waals surface area contributed by atoms with Crippen LogP contribution in [0, 0.1) is 6.92 Å². The number of hydrogen-bond acceptors (Lipinski definition) is 6. The van der Waals surface area contributed by atoms with Gasteiger partial charge in [0.2, 0.25) is 0 Å². The monoisotopic (exact) mass is 346 g/mol. The maximum absolute atomic E-state index is 11.5. The lowest BCUT2D eigenvalue weighted by Crippen LogP contribution is -2.17. The smallest absolute Gasteiger partial charge is 0.290 e. The molecule has 2 heterocycles. The highest BCUT2D eigenvalue weighted by molar-refractivity contribution is 8.18. The zero-order valence-electron chi connectivity index (χ0n) is 12.4. The van der Waals surface area contributed by atoms with Gasteiger partial charge in [0.15, 0.2) is 0 Å². The van der Waals surface area contributed by atoms with E-state index in [1.54, 1.807) is 17.4 Å². The average Bonchev–Trinajstić information content (AvgIpc) is 3.06. The molecule has 23 heavy (non-hydrogen) atoms. The number of carbonyl (C=O) groups excluding carboxylic acids is 2. The normalized spacial score (nSPS) is 16.0. The highest BCUT2D eigenvalue weighted by Crippen LogP contribution is 2.26. The number of thioether (sulfide) groups is 1. The lowest BCUT2D eigenvalue weighted by Gasteiger charge is -2.05. The number of thiazole rings is 1. The summed E-state index contributed by atoms with van der Waals surface area (Å²) in [7, 11) is 0. The van der Waals surface area contributed by atoms with Gasteiger partial charge >= 0.3 is 0 Å². The minimum Gasteiger partial charge on any atom is -0.493 e. The van der Waals surface area contributed by atoms with Gasteiger partial charge in [0, 0.05) is 11.8 Å². The Kier molecular flexibility index (Phi) is 4.78. The molecule has 0 bridgehead atoms. The second-order valence-electron chi connectivity index (χ2n) is 4.88. The molecule has 0 aliphatic carbocycles. The number of amides is 2. The van der Waals surface area contributed by atoms with Crippen LogP contribution in [0.3, 0.4) is 0 Å². The SMILES string of the molecule is Cc1nc(CCOc2ccc(/C=C3/SC(=O)NC3=O)cc2)cs1. The zero-order chi connectivity index (χ0) is 16.2. The van der Waals surface area contributed by atoms with Gasteiger partial charge in [-0.1, -0.05) is 12.1 Å². The zero-order valence-corrected chi connectivity index (χ0v) is 14.0. The van der Waals surface area contributed by atoms with E-state index < -0.39 is 0 Å². The number of imide groups is 1. The molecule has 0 atom stereocenters. The largest absolute Gasteiger partial charge is 0.493 e. The molecule has 2 amide bonds. The molecule has 1 saturated heterocycles. The standard InChI is InChI=1S/C16H14N2O3S2/c1-10-17-12(9-22-10)6-7-21-13-4-2-11(3-5-13)8-14-15(19)18-16(20)23-14/h2-5,8-9H,6-7H2,1H3,(H,18,19,20)/b14-8+. The molecular weight excluding hydrogens is 332 g/mol. The number of benzene rings is 1. The molecular formula is C16H14N2O3S2. The Labute approximate surface area is 141 Å². The summed E-state index contributed by atoms with van der Waals surface area (Å²) in [5.41, 5.74) is 1.89. The van der Waals surface area contributed by atoms with Gasteiger partial charge in [-0.15, -0.1) is 11.3 Å². The lowest BCUT2D eigenvalue weighted by molar-refractivity contribution is -0.115. The molecule has 1 aromatic heterocycles. The Hall–Kier alpha value is -2.12. The summed E-state index contributed by atoms with van der Waals surface area (Å²) in [5, 5.41) is 5.00. The van der Waals surface area contributed by atoms with Crippen LogP contribution in [0.1, 0.15) is 16.3 Å². The van der Waals surface area contributed by atoms with E-state index in [1.165, 1.54) is 0 Å². The topological polar surface area (TPSA) is 68.3 Å². The van der Waals surface area contributed by atoms with E-state index in [4.69, 9.17) is 4.74 Å². The van der Waals surface area contributed by atoms with Gasteiger partial charge in [-0.3, -0.25) is 14.9 Å². The molecule has 1 fully saturated rings. The third kappa shape index (κ3) is 4.20. The van der Waals surface area contributed by atoms with Crippen LogP contribution in [0.25, 0.3) is 6.08 Å². The van der Waals surface area contributed by atoms with Gasteiger partial charge in [-0.25, -0.2) is 4.98 Å². The van der Waals surface area contributed by atoms with Crippen LogP contribution >= 0.6 is 23.1 Å². The molecule has 1 aromatic carbocycles. The molecule has 1 aliphatic rings. The molecule has 3 rings (SSSR count). The first-order chi connectivity index (χ1) is 11.1. The second kappa shape index (κ2) is 6.97. The van der Waals surface area contributed by atoms with Crippen molar-refractivity contribution in [3.05, 3.63) is 50.8 Å². The number of aryl methyl sites for hydroxylation is 1. The molecule has 1 N–H and O–H groups in total. The van der Waals surface area contributed by atoms with E-state index in [1.807, 2.05) is 36.6 Å². The Morgan fingerprint density at radius 3 is 2.65 bits per heavy atom.